The Bertz CT molecular complexity index is 328. The highest BCUT2D eigenvalue weighted by Gasteiger charge is 2.39. The van der Waals surface area contributed by atoms with Crippen molar-refractivity contribution in [2.75, 3.05) is 0 Å². The van der Waals surface area contributed by atoms with Gasteiger partial charge >= 0.3 is 5.97 Å². The molecule has 2 rings (SSSR count). The van der Waals surface area contributed by atoms with Gasteiger partial charge in [0.15, 0.2) is 0 Å². The van der Waals surface area contributed by atoms with E-state index < -0.39 is 11.4 Å². The topological polar surface area (TPSA) is 50.2 Å². The first-order chi connectivity index (χ1) is 7.23. The number of aromatic nitrogens is 1. The third-order valence-electron chi connectivity index (χ3n) is 3.27. The minimum Gasteiger partial charge on any atom is -0.481 e. The molecule has 0 aliphatic heterocycles. The highest BCUT2D eigenvalue weighted by Crippen LogP contribution is 2.39. The lowest BCUT2D eigenvalue weighted by Gasteiger charge is -2.32. The van der Waals surface area contributed by atoms with Crippen LogP contribution in [-0.2, 0) is 11.2 Å². The molecule has 1 heterocycles. The van der Waals surface area contributed by atoms with E-state index in [1.807, 2.05) is 5.38 Å². The summed E-state index contributed by atoms with van der Waals surface area (Å²) in [7, 11) is 0. The molecule has 0 bridgehead atoms. The number of nitrogens with zero attached hydrogens (tertiary/aromatic N) is 1. The smallest absolute Gasteiger partial charge is 0.310 e. The number of rotatable bonds is 3. The fourth-order valence-corrected chi connectivity index (χ4v) is 2.92. The van der Waals surface area contributed by atoms with Crippen LogP contribution >= 0.6 is 11.3 Å². The zero-order valence-corrected chi connectivity index (χ0v) is 9.42. The van der Waals surface area contributed by atoms with E-state index in [0.717, 1.165) is 31.4 Å². The Kier molecular flexibility index (Phi) is 3.05. The van der Waals surface area contributed by atoms with Gasteiger partial charge in [-0.1, -0.05) is 19.3 Å². The van der Waals surface area contributed by atoms with E-state index in [0.29, 0.717) is 6.42 Å². The summed E-state index contributed by atoms with van der Waals surface area (Å²) in [4.78, 5) is 15.6. The van der Waals surface area contributed by atoms with Crippen LogP contribution in [0.3, 0.4) is 0 Å². The molecule has 0 unspecified atom stereocenters. The SMILES string of the molecule is O=C(O)C1(Cc2cscn2)CCCCC1. The molecule has 3 nitrogen and oxygen atoms in total. The van der Waals surface area contributed by atoms with Crippen LogP contribution in [0.1, 0.15) is 37.8 Å². The molecule has 1 N–H and O–H groups in total. The van der Waals surface area contributed by atoms with Gasteiger partial charge in [-0.25, -0.2) is 4.98 Å². The summed E-state index contributed by atoms with van der Waals surface area (Å²) in [5.41, 5.74) is 2.17. The van der Waals surface area contributed by atoms with Crippen LogP contribution < -0.4 is 0 Å². The molecule has 1 saturated carbocycles. The average Bonchev–Trinajstić information content (AvgIpc) is 2.71. The van der Waals surface area contributed by atoms with E-state index >= 15 is 0 Å². The zero-order valence-electron chi connectivity index (χ0n) is 8.61. The van der Waals surface area contributed by atoms with Crippen molar-refractivity contribution in [2.45, 2.75) is 38.5 Å². The van der Waals surface area contributed by atoms with Gasteiger partial charge in [0.05, 0.1) is 16.6 Å². The quantitative estimate of drug-likeness (QED) is 0.860. The molecule has 0 saturated heterocycles. The number of thiazole rings is 1. The normalized spacial score (nSPS) is 20.0. The molecule has 1 aliphatic carbocycles. The van der Waals surface area contributed by atoms with Gasteiger partial charge in [-0.05, 0) is 12.8 Å². The number of carboxylic acid groups (broad SMARTS) is 1. The Morgan fingerprint density at radius 1 is 1.47 bits per heavy atom. The van der Waals surface area contributed by atoms with E-state index in [1.54, 1.807) is 5.51 Å². The van der Waals surface area contributed by atoms with Gasteiger partial charge in [-0.15, -0.1) is 11.3 Å². The number of carboxylic acids is 1. The highest BCUT2D eigenvalue weighted by molar-refractivity contribution is 7.07. The summed E-state index contributed by atoms with van der Waals surface area (Å²) < 4.78 is 0. The van der Waals surface area contributed by atoms with Gasteiger partial charge in [0.25, 0.3) is 0 Å². The van der Waals surface area contributed by atoms with Gasteiger partial charge in [0, 0.05) is 11.8 Å². The molecule has 0 atom stereocenters. The van der Waals surface area contributed by atoms with Crippen molar-refractivity contribution < 1.29 is 9.90 Å². The van der Waals surface area contributed by atoms with E-state index in [4.69, 9.17) is 0 Å². The third kappa shape index (κ3) is 2.20. The van der Waals surface area contributed by atoms with Crippen molar-refractivity contribution in [1.82, 2.24) is 4.98 Å². The molecule has 1 fully saturated rings. The molecular weight excluding hydrogens is 210 g/mol. The molecule has 82 valence electrons. The Hall–Kier alpha value is -0.900. The number of aliphatic carboxylic acids is 1. The fraction of sp³-hybridized carbons (Fsp3) is 0.636. The summed E-state index contributed by atoms with van der Waals surface area (Å²) in [6, 6.07) is 0. The van der Waals surface area contributed by atoms with Crippen molar-refractivity contribution >= 4 is 17.3 Å². The summed E-state index contributed by atoms with van der Waals surface area (Å²) in [5.74, 6) is -0.643. The van der Waals surface area contributed by atoms with Gasteiger partial charge in [0.2, 0.25) is 0 Å². The van der Waals surface area contributed by atoms with Crippen LogP contribution in [-0.4, -0.2) is 16.1 Å². The molecule has 1 aliphatic rings. The molecule has 4 heteroatoms. The highest BCUT2D eigenvalue weighted by atomic mass is 32.1. The average molecular weight is 225 g/mol. The van der Waals surface area contributed by atoms with Crippen molar-refractivity contribution in [2.24, 2.45) is 5.41 Å². The second-order valence-electron chi connectivity index (χ2n) is 4.30. The van der Waals surface area contributed by atoms with Crippen LogP contribution in [0.5, 0.6) is 0 Å². The van der Waals surface area contributed by atoms with Crippen molar-refractivity contribution in [3.63, 3.8) is 0 Å². The predicted molar refractivity (Wildman–Crippen MR) is 59.0 cm³/mol. The van der Waals surface area contributed by atoms with Crippen LogP contribution in [0.25, 0.3) is 0 Å². The Labute approximate surface area is 93.2 Å². The van der Waals surface area contributed by atoms with Gasteiger partial charge in [-0.3, -0.25) is 4.79 Å². The fourth-order valence-electron chi connectivity index (χ4n) is 2.37. The minimum atomic E-state index is -0.643. The molecule has 0 radical (unpaired) electrons. The number of carbonyl (C=O) groups is 1. The first kappa shape index (κ1) is 10.6. The monoisotopic (exact) mass is 225 g/mol. The molecular formula is C11H15NO2S. The van der Waals surface area contributed by atoms with Crippen molar-refractivity contribution in [1.29, 1.82) is 0 Å². The summed E-state index contributed by atoms with van der Waals surface area (Å²) >= 11 is 1.53. The lowest BCUT2D eigenvalue weighted by molar-refractivity contribution is -0.151. The predicted octanol–water partition coefficient (Wildman–Crippen LogP) is 2.72. The summed E-state index contributed by atoms with van der Waals surface area (Å²) in [6.45, 7) is 0. The lowest BCUT2D eigenvalue weighted by Crippen LogP contribution is -2.35. The molecule has 15 heavy (non-hydrogen) atoms. The third-order valence-corrected chi connectivity index (χ3v) is 3.90. The van der Waals surface area contributed by atoms with E-state index in [1.165, 1.54) is 17.8 Å². The lowest BCUT2D eigenvalue weighted by atomic mass is 9.71. The molecule has 1 aromatic heterocycles. The molecule has 0 spiro atoms. The van der Waals surface area contributed by atoms with Crippen LogP contribution in [0.15, 0.2) is 10.9 Å². The Morgan fingerprint density at radius 2 is 2.20 bits per heavy atom. The van der Waals surface area contributed by atoms with E-state index in [-0.39, 0.29) is 0 Å². The summed E-state index contributed by atoms with van der Waals surface area (Å²) in [5, 5.41) is 11.3. The molecule has 0 aromatic carbocycles. The number of hydrogen-bond acceptors (Lipinski definition) is 3. The zero-order chi connectivity index (χ0) is 10.7. The van der Waals surface area contributed by atoms with E-state index in [9.17, 15) is 9.90 Å². The Balaban J connectivity index is 2.15. The van der Waals surface area contributed by atoms with Gasteiger partial charge < -0.3 is 5.11 Å². The minimum absolute atomic E-state index is 0.535. The van der Waals surface area contributed by atoms with E-state index in [2.05, 4.69) is 4.98 Å². The first-order valence-corrected chi connectivity index (χ1v) is 6.28. The maximum absolute atomic E-state index is 11.4. The summed E-state index contributed by atoms with van der Waals surface area (Å²) in [6.07, 6.45) is 5.46. The van der Waals surface area contributed by atoms with Crippen molar-refractivity contribution in [3.05, 3.63) is 16.6 Å². The van der Waals surface area contributed by atoms with Crippen molar-refractivity contribution in [3.8, 4) is 0 Å². The largest absolute Gasteiger partial charge is 0.481 e. The van der Waals surface area contributed by atoms with Gasteiger partial charge in [-0.2, -0.15) is 0 Å². The first-order valence-electron chi connectivity index (χ1n) is 5.33. The molecule has 1 aromatic rings. The van der Waals surface area contributed by atoms with Crippen LogP contribution in [0, 0.1) is 5.41 Å². The second-order valence-corrected chi connectivity index (χ2v) is 5.02. The maximum Gasteiger partial charge on any atom is 0.310 e. The van der Waals surface area contributed by atoms with Crippen LogP contribution in [0.4, 0.5) is 0 Å². The maximum atomic E-state index is 11.4. The van der Waals surface area contributed by atoms with Gasteiger partial charge in [0.1, 0.15) is 0 Å². The Morgan fingerprint density at radius 3 is 2.73 bits per heavy atom. The second kappa shape index (κ2) is 4.31. The van der Waals surface area contributed by atoms with Crippen LogP contribution in [0.2, 0.25) is 0 Å². The number of hydrogen-bond donors (Lipinski definition) is 1. The molecule has 0 amide bonds. The standard InChI is InChI=1S/C11H15NO2S/c13-10(14)11(4-2-1-3-5-11)6-9-7-15-8-12-9/h7-8H,1-6H2,(H,13,14).